The predicted molar refractivity (Wildman–Crippen MR) is 151 cm³/mol. The van der Waals surface area contributed by atoms with Gasteiger partial charge >= 0.3 is 5.97 Å². The van der Waals surface area contributed by atoms with E-state index >= 15 is 0 Å². The summed E-state index contributed by atoms with van der Waals surface area (Å²) in [5.41, 5.74) is 1.06. The lowest BCUT2D eigenvalue weighted by Crippen LogP contribution is -2.49. The van der Waals surface area contributed by atoms with Gasteiger partial charge in [0.2, 0.25) is 0 Å². The maximum atomic E-state index is 11.4. The van der Waals surface area contributed by atoms with Crippen molar-refractivity contribution in [3.8, 4) is 0 Å². The van der Waals surface area contributed by atoms with Gasteiger partial charge in [-0.15, -0.1) is 0 Å². The second kappa shape index (κ2) is 13.7. The molecule has 34 heavy (non-hydrogen) atoms. The Morgan fingerprint density at radius 2 is 1.09 bits per heavy atom. The number of carbonyl (C=O) groups is 1. The molecule has 0 fully saturated rings. The van der Waals surface area contributed by atoms with Gasteiger partial charge < -0.3 is 5.11 Å². The van der Waals surface area contributed by atoms with Crippen molar-refractivity contribution in [2.75, 3.05) is 0 Å². The normalized spacial score (nSPS) is 18.7. The van der Waals surface area contributed by atoms with Gasteiger partial charge in [0, 0.05) is 6.42 Å². The third-order valence-electron chi connectivity index (χ3n) is 10.7. The fourth-order valence-electron chi connectivity index (χ4n) is 8.16. The average molecular weight is 481 g/mol. The van der Waals surface area contributed by atoms with Gasteiger partial charge in [0.25, 0.3) is 0 Å². The SMILES string of the molecule is CCC(C(CCCC(=O)O)CC(C)(C(CC)C(C)(C)CC)C(CC)C(C)(C)CC)C(C)(C)CC. The van der Waals surface area contributed by atoms with Crippen molar-refractivity contribution in [2.45, 2.75) is 154 Å². The minimum Gasteiger partial charge on any atom is -0.481 e. The molecule has 4 unspecified atom stereocenters. The molecule has 0 heterocycles. The Bertz CT molecular complexity index is 562. The van der Waals surface area contributed by atoms with E-state index < -0.39 is 5.97 Å². The van der Waals surface area contributed by atoms with E-state index in [0.717, 1.165) is 12.8 Å². The maximum absolute atomic E-state index is 11.4. The Morgan fingerprint density at radius 1 is 0.676 bits per heavy atom. The van der Waals surface area contributed by atoms with E-state index in [4.69, 9.17) is 0 Å². The van der Waals surface area contributed by atoms with Gasteiger partial charge in [-0.05, 0) is 64.6 Å². The quantitative estimate of drug-likeness (QED) is 0.212. The van der Waals surface area contributed by atoms with Crippen LogP contribution < -0.4 is 0 Å². The van der Waals surface area contributed by atoms with Crippen LogP contribution in [0, 0.1) is 45.3 Å². The van der Waals surface area contributed by atoms with Crippen molar-refractivity contribution in [2.24, 2.45) is 45.3 Å². The highest BCUT2D eigenvalue weighted by atomic mass is 16.4. The third-order valence-corrected chi connectivity index (χ3v) is 10.7. The van der Waals surface area contributed by atoms with Gasteiger partial charge in [-0.3, -0.25) is 4.79 Å². The molecule has 0 aromatic carbocycles. The Balaban J connectivity index is 6.80. The van der Waals surface area contributed by atoms with Crippen LogP contribution in [0.3, 0.4) is 0 Å². The fraction of sp³-hybridized carbons (Fsp3) is 0.969. The molecule has 0 aromatic heterocycles. The summed E-state index contributed by atoms with van der Waals surface area (Å²) >= 11 is 0. The highest BCUT2D eigenvalue weighted by Gasteiger charge is 2.51. The highest BCUT2D eigenvalue weighted by molar-refractivity contribution is 5.66. The van der Waals surface area contributed by atoms with Crippen molar-refractivity contribution in [1.82, 2.24) is 0 Å². The highest BCUT2D eigenvalue weighted by Crippen LogP contribution is 2.59. The van der Waals surface area contributed by atoms with E-state index in [9.17, 15) is 9.90 Å². The fourth-order valence-corrected chi connectivity index (χ4v) is 8.16. The van der Waals surface area contributed by atoms with E-state index in [0.29, 0.717) is 30.1 Å². The van der Waals surface area contributed by atoms with Crippen molar-refractivity contribution in [3.05, 3.63) is 0 Å². The monoisotopic (exact) mass is 480 g/mol. The van der Waals surface area contributed by atoms with Crippen LogP contribution in [0.15, 0.2) is 0 Å². The summed E-state index contributed by atoms with van der Waals surface area (Å²) in [4.78, 5) is 11.4. The first-order valence-electron chi connectivity index (χ1n) is 14.8. The van der Waals surface area contributed by atoms with Crippen LogP contribution in [0.4, 0.5) is 0 Å². The van der Waals surface area contributed by atoms with E-state index in [2.05, 4.69) is 90.0 Å². The molecule has 0 spiro atoms. The molecule has 0 aliphatic heterocycles. The number of carboxylic acids is 1. The maximum Gasteiger partial charge on any atom is 0.303 e. The van der Waals surface area contributed by atoms with Gasteiger partial charge in [-0.1, -0.05) is 129 Å². The molecule has 0 bridgehead atoms. The zero-order valence-electron chi connectivity index (χ0n) is 25.7. The summed E-state index contributed by atoms with van der Waals surface area (Å²) in [6.45, 7) is 31.8. The van der Waals surface area contributed by atoms with Crippen molar-refractivity contribution >= 4 is 5.97 Å². The van der Waals surface area contributed by atoms with Gasteiger partial charge in [-0.25, -0.2) is 0 Å². The minimum atomic E-state index is -0.651. The van der Waals surface area contributed by atoms with Gasteiger partial charge in [0.1, 0.15) is 0 Å². The smallest absolute Gasteiger partial charge is 0.303 e. The molecule has 4 atom stereocenters. The Kier molecular flexibility index (Phi) is 13.5. The molecular formula is C32H64O2. The molecular weight excluding hydrogens is 416 g/mol. The first-order valence-corrected chi connectivity index (χ1v) is 14.8. The lowest BCUT2D eigenvalue weighted by molar-refractivity contribution is -0.137. The van der Waals surface area contributed by atoms with Crippen molar-refractivity contribution < 1.29 is 9.90 Å². The summed E-state index contributed by atoms with van der Waals surface area (Å²) in [5.74, 6) is 1.82. The summed E-state index contributed by atoms with van der Waals surface area (Å²) in [7, 11) is 0. The summed E-state index contributed by atoms with van der Waals surface area (Å²) in [6.07, 6.45) is 10.5. The predicted octanol–water partition coefficient (Wildman–Crippen LogP) is 10.6. The molecule has 2 heteroatoms. The Labute approximate surface area is 215 Å². The lowest BCUT2D eigenvalue weighted by atomic mass is 9.48. The topological polar surface area (TPSA) is 37.3 Å². The molecule has 0 aromatic rings. The van der Waals surface area contributed by atoms with Crippen molar-refractivity contribution in [3.63, 3.8) is 0 Å². The second-order valence-corrected chi connectivity index (χ2v) is 13.7. The summed E-state index contributed by atoms with van der Waals surface area (Å²) < 4.78 is 0. The molecule has 0 amide bonds. The van der Waals surface area contributed by atoms with Crippen LogP contribution in [-0.4, -0.2) is 11.1 Å². The summed E-state index contributed by atoms with van der Waals surface area (Å²) in [6, 6.07) is 0. The lowest BCUT2D eigenvalue weighted by Gasteiger charge is -2.57. The first kappa shape index (κ1) is 33.5. The Hall–Kier alpha value is -0.530. The van der Waals surface area contributed by atoms with Crippen LogP contribution >= 0.6 is 0 Å². The van der Waals surface area contributed by atoms with Gasteiger partial charge in [-0.2, -0.15) is 0 Å². The van der Waals surface area contributed by atoms with E-state index in [1.165, 1.54) is 44.9 Å². The van der Waals surface area contributed by atoms with E-state index in [1.54, 1.807) is 0 Å². The average Bonchev–Trinajstić information content (AvgIpc) is 2.74. The van der Waals surface area contributed by atoms with E-state index in [1.807, 2.05) is 0 Å². The largest absolute Gasteiger partial charge is 0.481 e. The molecule has 0 saturated heterocycles. The first-order chi connectivity index (χ1) is 15.5. The van der Waals surface area contributed by atoms with Gasteiger partial charge in [0.15, 0.2) is 0 Å². The Morgan fingerprint density at radius 3 is 1.38 bits per heavy atom. The summed E-state index contributed by atoms with van der Waals surface area (Å²) in [5, 5.41) is 9.39. The standard InChI is InChI=1S/C32H64O2/c1-14-25(29(7,8)17-4)24(21-20-22-28(33)34)23-32(13,26(15-2)30(9,10)18-5)27(16-3)31(11,12)19-6/h24-27H,14-23H2,1-13H3,(H,33,34). The molecule has 204 valence electrons. The molecule has 2 nitrogen and oxygen atoms in total. The molecule has 0 rings (SSSR count). The van der Waals surface area contributed by atoms with Crippen molar-refractivity contribution in [1.29, 1.82) is 0 Å². The van der Waals surface area contributed by atoms with Crippen LogP contribution in [0.25, 0.3) is 0 Å². The molecule has 0 aliphatic carbocycles. The molecule has 0 saturated carbocycles. The van der Waals surface area contributed by atoms with Crippen LogP contribution in [0.1, 0.15) is 154 Å². The zero-order chi connectivity index (χ0) is 27.0. The number of hydrogen-bond acceptors (Lipinski definition) is 1. The number of hydrogen-bond donors (Lipinski definition) is 1. The molecule has 0 radical (unpaired) electrons. The van der Waals surface area contributed by atoms with Crippen LogP contribution in [0.5, 0.6) is 0 Å². The third kappa shape index (κ3) is 8.26. The van der Waals surface area contributed by atoms with Crippen LogP contribution in [-0.2, 0) is 4.79 Å². The second-order valence-electron chi connectivity index (χ2n) is 13.7. The van der Waals surface area contributed by atoms with E-state index in [-0.39, 0.29) is 21.7 Å². The number of aliphatic carboxylic acids is 1. The minimum absolute atomic E-state index is 0.216. The molecule has 1 N–H and O–H groups in total. The molecule has 0 aliphatic rings. The number of rotatable bonds is 18. The van der Waals surface area contributed by atoms with Crippen LogP contribution in [0.2, 0.25) is 0 Å². The number of carboxylic acid groups (broad SMARTS) is 1. The van der Waals surface area contributed by atoms with Gasteiger partial charge in [0.05, 0.1) is 0 Å². The zero-order valence-corrected chi connectivity index (χ0v) is 25.7.